The number of para-hydroxylation sites is 2. The lowest BCUT2D eigenvalue weighted by Crippen LogP contribution is -2.27. The fourth-order valence-corrected chi connectivity index (χ4v) is 6.56. The van der Waals surface area contributed by atoms with Crippen LogP contribution >= 0.6 is 23.2 Å². The van der Waals surface area contributed by atoms with Crippen molar-refractivity contribution in [1.29, 1.82) is 0 Å². The van der Waals surface area contributed by atoms with Gasteiger partial charge in [0.05, 0.1) is 0 Å². The monoisotopic (exact) mass is 622 g/mol. The van der Waals surface area contributed by atoms with Crippen molar-refractivity contribution in [3.05, 3.63) is 106 Å². The van der Waals surface area contributed by atoms with Gasteiger partial charge in [-0.25, -0.2) is 0 Å². The Morgan fingerprint density at radius 2 is 0.909 bits per heavy atom. The van der Waals surface area contributed by atoms with Gasteiger partial charge in [0.1, 0.15) is 21.5 Å². The molecular weight excluding hydrogens is 591 g/mol. The van der Waals surface area contributed by atoms with Gasteiger partial charge in [-0.2, -0.15) is 0 Å². The standard InChI is InChI=1S/C34H26Cl2N4O2.C2H6/c1-3-39-25-11-7-5-9-21(25)23-17-19(13-15-27(23)39)37-31-29(35)34(42)32(30(36)33(31)41)38-20-14-16-28-24(18-20)22-10-6-8-12-26(22)40(28)4-2;1-2/h5-18,37-38H,3-4H2,1-2H3;1-2H3. The Labute approximate surface area is 265 Å². The second-order valence-electron chi connectivity index (χ2n) is 10.3. The molecular formula is C36H32Cl2N4O2. The number of rotatable bonds is 6. The summed E-state index contributed by atoms with van der Waals surface area (Å²) in [6.45, 7) is 9.86. The van der Waals surface area contributed by atoms with Crippen LogP contribution in [0.15, 0.2) is 106 Å². The Balaban J connectivity index is 0.00000168. The summed E-state index contributed by atoms with van der Waals surface area (Å²) >= 11 is 13.1. The van der Waals surface area contributed by atoms with Gasteiger partial charge >= 0.3 is 0 Å². The number of hydrogen-bond acceptors (Lipinski definition) is 4. The van der Waals surface area contributed by atoms with Gasteiger partial charge in [0.15, 0.2) is 0 Å². The van der Waals surface area contributed by atoms with Crippen LogP contribution in [0.2, 0.25) is 0 Å². The Morgan fingerprint density at radius 1 is 0.545 bits per heavy atom. The molecule has 6 aromatic rings. The fourth-order valence-electron chi connectivity index (χ4n) is 6.10. The lowest BCUT2D eigenvalue weighted by molar-refractivity contribution is -0.115. The van der Waals surface area contributed by atoms with Gasteiger partial charge in [-0.05, 0) is 62.4 Å². The zero-order valence-corrected chi connectivity index (χ0v) is 26.5. The van der Waals surface area contributed by atoms with Gasteiger partial charge in [-0.3, -0.25) is 9.59 Å². The molecule has 0 saturated carbocycles. The molecule has 6 nitrogen and oxygen atoms in total. The second-order valence-corrected chi connectivity index (χ2v) is 11.0. The van der Waals surface area contributed by atoms with Gasteiger partial charge < -0.3 is 19.8 Å². The minimum absolute atomic E-state index is 0.0442. The van der Waals surface area contributed by atoms with E-state index < -0.39 is 11.6 Å². The zero-order chi connectivity index (χ0) is 31.1. The molecule has 1 aliphatic rings. The average Bonchev–Trinajstić information content (AvgIpc) is 3.56. The van der Waals surface area contributed by atoms with Gasteiger partial charge in [0.2, 0.25) is 11.6 Å². The number of hydrogen-bond donors (Lipinski definition) is 2. The van der Waals surface area contributed by atoms with Crippen LogP contribution in [0.4, 0.5) is 11.4 Å². The number of nitrogens with zero attached hydrogens (tertiary/aromatic N) is 2. The molecule has 8 heteroatoms. The molecule has 0 radical (unpaired) electrons. The molecule has 7 rings (SSSR count). The molecule has 0 unspecified atom stereocenters. The van der Waals surface area contributed by atoms with Crippen LogP contribution in [-0.4, -0.2) is 20.7 Å². The van der Waals surface area contributed by atoms with Crippen molar-refractivity contribution in [2.24, 2.45) is 0 Å². The Morgan fingerprint density at radius 3 is 1.30 bits per heavy atom. The predicted molar refractivity (Wildman–Crippen MR) is 185 cm³/mol. The predicted octanol–water partition coefficient (Wildman–Crippen LogP) is 9.54. The largest absolute Gasteiger partial charge is 0.351 e. The number of ketones is 2. The molecule has 0 aliphatic heterocycles. The maximum absolute atomic E-state index is 13.4. The summed E-state index contributed by atoms with van der Waals surface area (Å²) in [4.78, 5) is 26.9. The molecule has 222 valence electrons. The summed E-state index contributed by atoms with van der Waals surface area (Å²) in [5, 5.41) is 10.0. The van der Waals surface area contributed by atoms with E-state index in [1.54, 1.807) is 0 Å². The zero-order valence-electron chi connectivity index (χ0n) is 25.0. The maximum Gasteiger partial charge on any atom is 0.224 e. The van der Waals surface area contributed by atoms with Crippen molar-refractivity contribution in [2.75, 3.05) is 10.6 Å². The molecule has 0 spiro atoms. The van der Waals surface area contributed by atoms with Crippen LogP contribution in [-0.2, 0) is 22.7 Å². The molecule has 2 heterocycles. The van der Waals surface area contributed by atoms with E-state index >= 15 is 0 Å². The third-order valence-corrected chi connectivity index (χ3v) is 8.73. The summed E-state index contributed by atoms with van der Waals surface area (Å²) in [5.41, 5.74) is 5.61. The van der Waals surface area contributed by atoms with Gasteiger partial charge in [0.25, 0.3) is 0 Å². The SMILES string of the molecule is CC.CCn1c2ccccc2c2cc(NC3=C(Cl)C(=O)C(Nc4ccc5c(c4)c4ccccc4n5CC)=C(Cl)C3=O)ccc21. The first kappa shape index (κ1) is 29.5. The lowest BCUT2D eigenvalue weighted by atomic mass is 10.0. The van der Waals surface area contributed by atoms with E-state index in [0.29, 0.717) is 11.4 Å². The lowest BCUT2D eigenvalue weighted by Gasteiger charge is -2.20. The van der Waals surface area contributed by atoms with E-state index in [1.807, 2.05) is 74.5 Å². The highest BCUT2D eigenvalue weighted by Gasteiger charge is 2.34. The van der Waals surface area contributed by atoms with Crippen LogP contribution in [0.5, 0.6) is 0 Å². The topological polar surface area (TPSA) is 68.1 Å². The molecule has 0 atom stereocenters. The van der Waals surface area contributed by atoms with E-state index in [-0.39, 0.29) is 21.5 Å². The molecule has 1 aliphatic carbocycles. The first-order chi connectivity index (χ1) is 21.4. The molecule has 2 aromatic heterocycles. The van der Waals surface area contributed by atoms with E-state index in [0.717, 1.165) is 56.7 Å². The maximum atomic E-state index is 13.4. The third kappa shape index (κ3) is 4.66. The summed E-state index contributed by atoms with van der Waals surface area (Å²) in [5.74, 6) is -1.10. The fraction of sp³-hybridized carbons (Fsp3) is 0.167. The minimum atomic E-state index is -0.552. The number of Topliss-reactive ketones (excluding diaryl/α,β-unsaturated/α-hetero) is 2. The van der Waals surface area contributed by atoms with Crippen molar-refractivity contribution >= 4 is 89.8 Å². The molecule has 44 heavy (non-hydrogen) atoms. The Hall–Kier alpha value is -4.52. The number of benzene rings is 4. The summed E-state index contributed by atoms with van der Waals surface area (Å²) < 4.78 is 4.48. The van der Waals surface area contributed by atoms with E-state index in [4.69, 9.17) is 23.2 Å². The van der Waals surface area contributed by atoms with Crippen molar-refractivity contribution in [2.45, 2.75) is 40.8 Å². The van der Waals surface area contributed by atoms with E-state index in [1.165, 1.54) is 0 Å². The van der Waals surface area contributed by atoms with Crippen LogP contribution in [0, 0.1) is 0 Å². The molecule has 0 bridgehead atoms. The van der Waals surface area contributed by atoms with Gasteiger partial charge in [-0.15, -0.1) is 0 Å². The number of fused-ring (bicyclic) bond motifs is 6. The first-order valence-electron chi connectivity index (χ1n) is 14.9. The number of carbonyl (C=O) groups excluding carboxylic acids is 2. The Bertz CT molecular complexity index is 2030. The molecule has 0 amide bonds. The summed E-state index contributed by atoms with van der Waals surface area (Å²) in [6.07, 6.45) is 0. The van der Waals surface area contributed by atoms with E-state index in [2.05, 4.69) is 57.9 Å². The van der Waals surface area contributed by atoms with Gasteiger partial charge in [0, 0.05) is 68.1 Å². The van der Waals surface area contributed by atoms with Crippen LogP contribution in [0.3, 0.4) is 0 Å². The molecule has 0 fully saturated rings. The molecule has 0 saturated heterocycles. The minimum Gasteiger partial charge on any atom is -0.351 e. The van der Waals surface area contributed by atoms with Crippen molar-refractivity contribution in [3.63, 3.8) is 0 Å². The van der Waals surface area contributed by atoms with Gasteiger partial charge in [-0.1, -0.05) is 73.4 Å². The number of nitrogens with one attached hydrogen (secondary N) is 2. The summed E-state index contributed by atoms with van der Waals surface area (Å²) in [6, 6.07) is 28.0. The normalized spacial score (nSPS) is 13.8. The van der Waals surface area contributed by atoms with Crippen LogP contribution in [0.1, 0.15) is 27.7 Å². The van der Waals surface area contributed by atoms with Crippen molar-refractivity contribution in [3.8, 4) is 0 Å². The quantitative estimate of drug-likeness (QED) is 0.181. The van der Waals surface area contributed by atoms with Crippen molar-refractivity contribution < 1.29 is 9.59 Å². The number of halogens is 2. The second kappa shape index (κ2) is 11.9. The molecule has 4 aromatic carbocycles. The van der Waals surface area contributed by atoms with Crippen molar-refractivity contribution in [1.82, 2.24) is 9.13 Å². The molecule has 2 N–H and O–H groups in total. The number of allylic oxidation sites excluding steroid dienone is 2. The number of aryl methyl sites for hydroxylation is 2. The third-order valence-electron chi connectivity index (χ3n) is 8.01. The van der Waals surface area contributed by atoms with E-state index in [9.17, 15) is 9.59 Å². The highest BCUT2D eigenvalue weighted by Crippen LogP contribution is 2.36. The number of aromatic nitrogens is 2. The smallest absolute Gasteiger partial charge is 0.224 e. The average molecular weight is 624 g/mol. The van der Waals surface area contributed by atoms with Crippen LogP contribution in [0.25, 0.3) is 43.6 Å². The van der Waals surface area contributed by atoms with Crippen LogP contribution < -0.4 is 10.6 Å². The summed E-state index contributed by atoms with van der Waals surface area (Å²) in [7, 11) is 0. The Kier molecular flexibility index (Phi) is 7.97. The number of anilines is 2. The first-order valence-corrected chi connectivity index (χ1v) is 15.6. The highest BCUT2D eigenvalue weighted by atomic mass is 35.5. The number of carbonyl (C=O) groups is 2. The highest BCUT2D eigenvalue weighted by molar-refractivity contribution is 6.56.